The summed E-state index contributed by atoms with van der Waals surface area (Å²) < 4.78 is 38.1. The Bertz CT molecular complexity index is 685. The van der Waals surface area contributed by atoms with Crippen LogP contribution in [0.1, 0.15) is 24.0 Å². The Hall–Kier alpha value is -2.37. The van der Waals surface area contributed by atoms with Crippen LogP contribution in [0.15, 0.2) is 46.6 Å². The molecule has 3 nitrogen and oxygen atoms in total. The second-order valence-electron chi connectivity index (χ2n) is 5.43. The Morgan fingerprint density at radius 3 is 2.52 bits per heavy atom. The van der Waals surface area contributed by atoms with Gasteiger partial charge < -0.3 is 5.01 Å². The Morgan fingerprint density at radius 1 is 1.17 bits per heavy atom. The number of halogens is 3. The average Bonchev–Trinajstić information content (AvgIpc) is 2.79. The van der Waals surface area contributed by atoms with E-state index in [1.54, 1.807) is 37.5 Å². The third-order valence-corrected chi connectivity index (χ3v) is 3.38. The summed E-state index contributed by atoms with van der Waals surface area (Å²) >= 11 is 0. The van der Waals surface area contributed by atoms with Crippen LogP contribution >= 0.6 is 0 Å². The lowest BCUT2D eigenvalue weighted by atomic mass is 10.1. The molecule has 0 spiro atoms. The summed E-state index contributed by atoms with van der Waals surface area (Å²) in [5.41, 5.74) is 0.806. The number of Topliss-reactive ketones (excluding diaryl/α,β-unsaturated/α-hetero) is 1. The van der Waals surface area contributed by atoms with Gasteiger partial charge in [0.1, 0.15) is 0 Å². The molecule has 1 fully saturated rings. The van der Waals surface area contributed by atoms with Crippen LogP contribution in [0.25, 0.3) is 6.08 Å². The quantitative estimate of drug-likeness (QED) is 0.480. The van der Waals surface area contributed by atoms with Gasteiger partial charge in [0.2, 0.25) is 0 Å². The fraction of sp³-hybridized carbons (Fsp3) is 0.294. The molecule has 1 aromatic rings. The van der Waals surface area contributed by atoms with Gasteiger partial charge in [0, 0.05) is 31.5 Å². The van der Waals surface area contributed by atoms with E-state index in [-0.39, 0.29) is 5.78 Å². The molecule has 1 saturated carbocycles. The first kappa shape index (κ1) is 17.0. The summed E-state index contributed by atoms with van der Waals surface area (Å²) in [6, 6.07) is 4.97. The van der Waals surface area contributed by atoms with E-state index in [2.05, 4.69) is 5.10 Å². The van der Waals surface area contributed by atoms with Crippen molar-refractivity contribution in [2.75, 3.05) is 14.1 Å². The first-order valence-corrected chi connectivity index (χ1v) is 7.10. The molecule has 0 aromatic heterocycles. The Balaban J connectivity index is 2.20. The molecule has 23 heavy (non-hydrogen) atoms. The van der Waals surface area contributed by atoms with E-state index in [0.29, 0.717) is 29.6 Å². The molecule has 0 bridgehead atoms. The number of allylic oxidation sites excluding steroid dienone is 3. The van der Waals surface area contributed by atoms with Crippen LogP contribution in [0.5, 0.6) is 0 Å². The van der Waals surface area contributed by atoms with Gasteiger partial charge in [-0.3, -0.25) is 4.79 Å². The molecular formula is C17H17F3N2O. The third kappa shape index (κ3) is 4.55. The van der Waals surface area contributed by atoms with Crippen LogP contribution in [0.3, 0.4) is 0 Å². The van der Waals surface area contributed by atoms with Crippen molar-refractivity contribution < 1.29 is 18.0 Å². The van der Waals surface area contributed by atoms with E-state index in [0.717, 1.165) is 12.1 Å². The highest BCUT2D eigenvalue weighted by Gasteiger charge is 2.30. The topological polar surface area (TPSA) is 32.7 Å². The second kappa shape index (κ2) is 6.81. The molecule has 0 amide bonds. The second-order valence-corrected chi connectivity index (χ2v) is 5.43. The van der Waals surface area contributed by atoms with E-state index in [1.165, 1.54) is 12.1 Å². The molecule has 6 heteroatoms. The maximum Gasteiger partial charge on any atom is 0.416 e. The number of rotatable bonds is 3. The minimum absolute atomic E-state index is 0.132. The van der Waals surface area contributed by atoms with Crippen molar-refractivity contribution in [3.8, 4) is 0 Å². The predicted molar refractivity (Wildman–Crippen MR) is 83.9 cm³/mol. The number of hydrazone groups is 1. The fourth-order valence-corrected chi connectivity index (χ4v) is 2.26. The number of alkyl halides is 3. The van der Waals surface area contributed by atoms with Gasteiger partial charge in [0.05, 0.1) is 5.56 Å². The maximum absolute atomic E-state index is 12.7. The van der Waals surface area contributed by atoms with Crippen molar-refractivity contribution in [2.45, 2.75) is 19.0 Å². The maximum atomic E-state index is 12.7. The zero-order chi connectivity index (χ0) is 17.0. The number of carbonyl (C=O) groups is 1. The standard InChI is InChI=1S/C17H17F3N2O/c1-22(2)21-9-8-13-6-7-14(16(13)23)10-12-4-3-5-15(11-12)17(18,19)20/h3-5,8-11H,6-7H2,1-2H3. The fourth-order valence-electron chi connectivity index (χ4n) is 2.26. The normalized spacial score (nSPS) is 19.3. The monoisotopic (exact) mass is 322 g/mol. The van der Waals surface area contributed by atoms with Crippen molar-refractivity contribution in [3.63, 3.8) is 0 Å². The largest absolute Gasteiger partial charge is 0.416 e. The molecule has 0 radical (unpaired) electrons. The van der Waals surface area contributed by atoms with Crippen LogP contribution in [0.2, 0.25) is 0 Å². The zero-order valence-corrected chi connectivity index (χ0v) is 12.9. The van der Waals surface area contributed by atoms with E-state index < -0.39 is 11.7 Å². The summed E-state index contributed by atoms with van der Waals surface area (Å²) in [6.07, 6.45) is 1.43. The number of benzene rings is 1. The lowest BCUT2D eigenvalue weighted by Crippen LogP contribution is -2.04. The number of hydrogen-bond donors (Lipinski definition) is 0. The van der Waals surface area contributed by atoms with Gasteiger partial charge in [-0.25, -0.2) is 0 Å². The Morgan fingerprint density at radius 2 is 1.87 bits per heavy atom. The lowest BCUT2D eigenvalue weighted by molar-refractivity contribution is -0.137. The van der Waals surface area contributed by atoms with Gasteiger partial charge in [-0.1, -0.05) is 12.1 Å². The van der Waals surface area contributed by atoms with E-state index in [1.807, 2.05) is 0 Å². The highest BCUT2D eigenvalue weighted by Crippen LogP contribution is 2.31. The molecule has 0 N–H and O–H groups in total. The van der Waals surface area contributed by atoms with Gasteiger partial charge in [0.15, 0.2) is 5.78 Å². The van der Waals surface area contributed by atoms with Crippen LogP contribution in [-0.2, 0) is 11.0 Å². The molecule has 1 aromatic carbocycles. The average molecular weight is 322 g/mol. The van der Waals surface area contributed by atoms with Crippen molar-refractivity contribution in [1.82, 2.24) is 5.01 Å². The Kier molecular flexibility index (Phi) is 5.03. The highest BCUT2D eigenvalue weighted by atomic mass is 19.4. The Labute approximate surface area is 132 Å². The molecular weight excluding hydrogens is 305 g/mol. The summed E-state index contributed by atoms with van der Waals surface area (Å²) in [7, 11) is 3.54. The van der Waals surface area contributed by atoms with Gasteiger partial charge in [-0.2, -0.15) is 18.3 Å². The molecule has 0 saturated heterocycles. The van der Waals surface area contributed by atoms with Crippen molar-refractivity contribution in [3.05, 3.63) is 52.6 Å². The number of ketones is 1. The van der Waals surface area contributed by atoms with E-state index >= 15 is 0 Å². The van der Waals surface area contributed by atoms with Crippen molar-refractivity contribution >= 4 is 18.1 Å². The number of carbonyl (C=O) groups excluding carboxylic acids is 1. The molecule has 0 aliphatic heterocycles. The van der Waals surface area contributed by atoms with Crippen LogP contribution < -0.4 is 0 Å². The lowest BCUT2D eigenvalue weighted by Gasteiger charge is -2.07. The van der Waals surface area contributed by atoms with E-state index in [4.69, 9.17) is 0 Å². The SMILES string of the molecule is CN(C)N=CC=C1CCC(=Cc2cccc(C(F)(F)F)c2)C1=O. The smallest absolute Gasteiger partial charge is 0.303 e. The molecule has 2 rings (SSSR count). The van der Waals surface area contributed by atoms with Gasteiger partial charge >= 0.3 is 6.18 Å². The summed E-state index contributed by atoms with van der Waals surface area (Å²) in [5.74, 6) is -0.132. The third-order valence-electron chi connectivity index (χ3n) is 3.38. The van der Waals surface area contributed by atoms with Crippen molar-refractivity contribution in [1.29, 1.82) is 0 Å². The van der Waals surface area contributed by atoms with Gasteiger partial charge in [0.25, 0.3) is 0 Å². The molecule has 0 atom stereocenters. The van der Waals surface area contributed by atoms with Crippen LogP contribution in [0.4, 0.5) is 13.2 Å². The highest BCUT2D eigenvalue weighted by molar-refractivity contribution is 6.14. The predicted octanol–water partition coefficient (Wildman–Crippen LogP) is 3.93. The van der Waals surface area contributed by atoms with Crippen LogP contribution in [-0.4, -0.2) is 31.1 Å². The van der Waals surface area contributed by atoms with Crippen molar-refractivity contribution in [2.24, 2.45) is 5.10 Å². The molecule has 0 heterocycles. The first-order chi connectivity index (χ1) is 10.8. The summed E-state index contributed by atoms with van der Waals surface area (Å²) in [6.45, 7) is 0. The summed E-state index contributed by atoms with van der Waals surface area (Å²) in [5, 5.41) is 5.61. The van der Waals surface area contributed by atoms with Gasteiger partial charge in [-0.05, 0) is 42.7 Å². The molecule has 1 aliphatic rings. The minimum Gasteiger partial charge on any atom is -0.303 e. The van der Waals surface area contributed by atoms with E-state index in [9.17, 15) is 18.0 Å². The number of nitrogens with zero attached hydrogens (tertiary/aromatic N) is 2. The molecule has 0 unspecified atom stereocenters. The molecule has 122 valence electrons. The number of hydrogen-bond acceptors (Lipinski definition) is 3. The summed E-state index contributed by atoms with van der Waals surface area (Å²) in [4.78, 5) is 12.2. The van der Waals surface area contributed by atoms with Gasteiger partial charge in [-0.15, -0.1) is 0 Å². The zero-order valence-electron chi connectivity index (χ0n) is 12.9. The molecule has 1 aliphatic carbocycles. The van der Waals surface area contributed by atoms with Crippen LogP contribution in [0, 0.1) is 0 Å². The first-order valence-electron chi connectivity index (χ1n) is 7.10. The minimum atomic E-state index is -4.39.